The Balaban J connectivity index is 1.47. The number of carbonyl (C=O) groups excluding carboxylic acids is 1. The average molecular weight is 748 g/mol. The van der Waals surface area contributed by atoms with Crippen LogP contribution in [-0.2, 0) is 22.5 Å². The van der Waals surface area contributed by atoms with E-state index in [2.05, 4.69) is 5.32 Å². The minimum atomic E-state index is -1.59. The van der Waals surface area contributed by atoms with E-state index in [-0.39, 0.29) is 47.3 Å². The van der Waals surface area contributed by atoms with Gasteiger partial charge in [-0.1, -0.05) is 59.6 Å². The number of halogens is 3. The van der Waals surface area contributed by atoms with Gasteiger partial charge in [-0.2, -0.15) is 0 Å². The molecule has 0 spiro atoms. The van der Waals surface area contributed by atoms with Crippen molar-refractivity contribution >= 4 is 46.5 Å². The number of aromatic nitrogens is 1. The number of hydrogen-bond donors (Lipinski definition) is 3. The fourth-order valence-electron chi connectivity index (χ4n) is 6.02. The molecule has 1 saturated heterocycles. The molecule has 50 heavy (non-hydrogen) atoms. The standard InChI is InChI=1S/C36H38Cl2FN3O7S/c1-41-13-11-36(39,12-14-41)21-49-35(45)32(22-7-5-4-6-8-22)40-18-24-16-26(33(50-24)34(43)44)25(17-27-28(37)19-42(46)20-29(27)38)23-9-10-30(47-2)31(15-23)48-3/h4-10,15-16,19-20,25,32,40H,11-14,17-18,21H2,1-3H3,(H-,43,44,46)/p+1/t25-,32?/m0/s1. The Bertz CT molecular complexity index is 1800. The van der Waals surface area contributed by atoms with Crippen LogP contribution >= 0.6 is 34.5 Å². The Morgan fingerprint density at radius 3 is 2.30 bits per heavy atom. The number of benzene rings is 2. The summed E-state index contributed by atoms with van der Waals surface area (Å²) in [6.07, 6.45) is 3.33. The zero-order valence-corrected chi connectivity index (χ0v) is 30.2. The van der Waals surface area contributed by atoms with Gasteiger partial charge in [-0.3, -0.25) is 10.5 Å². The zero-order chi connectivity index (χ0) is 36.0. The minimum Gasteiger partial charge on any atom is -0.493 e. The topological polar surface area (TPSA) is 121 Å². The van der Waals surface area contributed by atoms with E-state index in [1.54, 1.807) is 42.5 Å². The summed E-state index contributed by atoms with van der Waals surface area (Å²) < 4.78 is 32.8. The van der Waals surface area contributed by atoms with Crippen LogP contribution in [0.5, 0.6) is 11.5 Å². The lowest BCUT2D eigenvalue weighted by Crippen LogP contribution is -2.44. The molecule has 4 aromatic rings. The van der Waals surface area contributed by atoms with Gasteiger partial charge in [0.1, 0.15) is 33.2 Å². The number of pyridine rings is 1. The molecule has 3 N–H and O–H groups in total. The van der Waals surface area contributed by atoms with Gasteiger partial charge in [0.2, 0.25) is 12.4 Å². The zero-order valence-electron chi connectivity index (χ0n) is 27.8. The molecule has 3 heterocycles. The first-order chi connectivity index (χ1) is 23.9. The van der Waals surface area contributed by atoms with Gasteiger partial charge in [-0.15, -0.1) is 11.3 Å². The maximum absolute atomic E-state index is 15.5. The normalized spacial score (nSPS) is 15.6. The number of likely N-dealkylation sites (tertiary alicyclic amines) is 1. The molecule has 5 rings (SSSR count). The average Bonchev–Trinajstić information content (AvgIpc) is 3.53. The summed E-state index contributed by atoms with van der Waals surface area (Å²) in [4.78, 5) is 29.0. The summed E-state index contributed by atoms with van der Waals surface area (Å²) in [5, 5.41) is 24.0. The van der Waals surface area contributed by atoms with Gasteiger partial charge in [0, 0.05) is 40.7 Å². The van der Waals surface area contributed by atoms with Crippen molar-refractivity contribution in [1.82, 2.24) is 10.2 Å². The van der Waals surface area contributed by atoms with Crippen LogP contribution in [0.4, 0.5) is 4.39 Å². The SMILES string of the molecule is COc1ccc([C@H](Cc2c(Cl)c[n+](O)cc2Cl)c2cc(CNC(C(=O)OCC3(F)CCN(C)CC3)c3ccccc3)sc2C(=O)O)cc1OC. The highest BCUT2D eigenvalue weighted by Gasteiger charge is 2.36. The van der Waals surface area contributed by atoms with E-state index >= 15 is 4.39 Å². The molecule has 1 fully saturated rings. The van der Waals surface area contributed by atoms with Crippen LogP contribution in [0.3, 0.4) is 0 Å². The molecule has 0 saturated carbocycles. The van der Waals surface area contributed by atoms with Crippen LogP contribution in [0.25, 0.3) is 0 Å². The lowest BCUT2D eigenvalue weighted by atomic mass is 9.85. The Labute approximate surface area is 303 Å². The Hall–Kier alpha value is -3.94. The number of thiophene rings is 1. The number of nitrogens with one attached hydrogen (secondary N) is 1. The quantitative estimate of drug-likeness (QED) is 0.0757. The molecule has 0 radical (unpaired) electrons. The Kier molecular flexibility index (Phi) is 12.2. The van der Waals surface area contributed by atoms with Crippen LogP contribution in [0, 0.1) is 0 Å². The van der Waals surface area contributed by atoms with Crippen molar-refractivity contribution < 1.29 is 43.2 Å². The number of carboxylic acids is 1. The Morgan fingerprint density at radius 2 is 1.68 bits per heavy atom. The second kappa shape index (κ2) is 16.4. The predicted molar refractivity (Wildman–Crippen MR) is 188 cm³/mol. The second-order valence-corrected chi connectivity index (χ2v) is 14.2. The highest BCUT2D eigenvalue weighted by atomic mass is 35.5. The van der Waals surface area contributed by atoms with Crippen LogP contribution < -0.4 is 19.5 Å². The van der Waals surface area contributed by atoms with Crippen LogP contribution in [-0.4, -0.2) is 73.8 Å². The fourth-order valence-corrected chi connectivity index (χ4v) is 7.64. The maximum atomic E-state index is 15.5. The number of hydrogen-bond acceptors (Lipinski definition) is 9. The number of rotatable bonds is 14. The third kappa shape index (κ3) is 8.85. The molecule has 1 unspecified atom stereocenters. The minimum absolute atomic E-state index is 0.0856. The third-order valence-electron chi connectivity index (χ3n) is 8.87. The number of ether oxygens (including phenoxy) is 3. The summed E-state index contributed by atoms with van der Waals surface area (Å²) in [7, 11) is 4.96. The van der Waals surface area contributed by atoms with Gasteiger partial charge in [0.15, 0.2) is 11.5 Å². The molecule has 10 nitrogen and oxygen atoms in total. The molecular weight excluding hydrogens is 708 g/mol. The highest BCUT2D eigenvalue weighted by Crippen LogP contribution is 2.41. The van der Waals surface area contributed by atoms with Crippen LogP contribution in [0.1, 0.15) is 61.6 Å². The van der Waals surface area contributed by atoms with E-state index in [4.69, 9.17) is 37.4 Å². The molecule has 0 aliphatic carbocycles. The van der Waals surface area contributed by atoms with Gasteiger partial charge < -0.3 is 24.2 Å². The molecule has 0 bridgehead atoms. The first kappa shape index (κ1) is 37.3. The molecule has 1 aliphatic heterocycles. The number of nitrogens with zero attached hydrogens (tertiary/aromatic N) is 2. The predicted octanol–water partition coefficient (Wildman–Crippen LogP) is 6.48. The molecular formula is C36H39Cl2FN3O7S+. The van der Waals surface area contributed by atoms with E-state index in [9.17, 15) is 19.9 Å². The molecule has 266 valence electrons. The summed E-state index contributed by atoms with van der Waals surface area (Å²) in [5.74, 6) is -1.40. The molecule has 2 aromatic heterocycles. The lowest BCUT2D eigenvalue weighted by Gasteiger charge is -2.34. The number of piperidine rings is 1. The number of alkyl halides is 1. The van der Waals surface area contributed by atoms with Crippen molar-refractivity contribution in [2.75, 3.05) is 41.0 Å². The van der Waals surface area contributed by atoms with Gasteiger partial charge >= 0.3 is 11.9 Å². The van der Waals surface area contributed by atoms with Crippen molar-refractivity contribution in [2.24, 2.45) is 0 Å². The van der Waals surface area contributed by atoms with E-state index in [1.165, 1.54) is 26.6 Å². The number of esters is 1. The molecule has 14 heteroatoms. The Morgan fingerprint density at radius 1 is 1.02 bits per heavy atom. The number of carbonyl (C=O) groups is 2. The lowest BCUT2D eigenvalue weighted by molar-refractivity contribution is -0.904. The smallest absolute Gasteiger partial charge is 0.346 e. The van der Waals surface area contributed by atoms with Gasteiger partial charge in [0.05, 0.1) is 14.2 Å². The first-order valence-electron chi connectivity index (χ1n) is 15.9. The van der Waals surface area contributed by atoms with Crippen molar-refractivity contribution in [2.45, 2.75) is 43.4 Å². The largest absolute Gasteiger partial charge is 0.493 e. The van der Waals surface area contributed by atoms with E-state index in [0.717, 1.165) is 16.1 Å². The maximum Gasteiger partial charge on any atom is 0.346 e. The molecule has 2 aromatic carbocycles. The monoisotopic (exact) mass is 746 g/mol. The number of carboxylic acid groups (broad SMARTS) is 1. The van der Waals surface area contributed by atoms with E-state index in [1.807, 2.05) is 24.1 Å². The second-order valence-electron chi connectivity index (χ2n) is 12.3. The van der Waals surface area contributed by atoms with Gasteiger partial charge in [0.25, 0.3) is 0 Å². The molecule has 1 aliphatic rings. The summed E-state index contributed by atoms with van der Waals surface area (Å²) in [6, 6.07) is 15.1. The highest BCUT2D eigenvalue weighted by molar-refractivity contribution is 7.14. The molecule has 2 atom stereocenters. The van der Waals surface area contributed by atoms with Crippen LogP contribution in [0.15, 0.2) is 67.0 Å². The summed E-state index contributed by atoms with van der Waals surface area (Å²) in [6.45, 7) is 0.928. The third-order valence-corrected chi connectivity index (χ3v) is 10.7. The summed E-state index contributed by atoms with van der Waals surface area (Å²) >= 11 is 14.1. The van der Waals surface area contributed by atoms with Crippen molar-refractivity contribution in [3.05, 3.63) is 109 Å². The van der Waals surface area contributed by atoms with Gasteiger partial charge in [-0.05, 0) is 61.2 Å². The number of aromatic carboxylic acids is 1. The van der Waals surface area contributed by atoms with Crippen molar-refractivity contribution in [3.63, 3.8) is 0 Å². The van der Waals surface area contributed by atoms with Gasteiger partial charge in [-0.25, -0.2) is 14.0 Å². The van der Waals surface area contributed by atoms with Crippen molar-refractivity contribution in [3.8, 4) is 11.5 Å². The fraction of sp³-hybridized carbons (Fsp3) is 0.361. The molecule has 0 amide bonds. The summed E-state index contributed by atoms with van der Waals surface area (Å²) in [5.41, 5.74) is 0.725. The van der Waals surface area contributed by atoms with E-state index < -0.39 is 29.6 Å². The first-order valence-corrected chi connectivity index (χ1v) is 17.5. The van der Waals surface area contributed by atoms with Crippen LogP contribution in [0.2, 0.25) is 10.0 Å². The van der Waals surface area contributed by atoms with E-state index in [0.29, 0.717) is 51.7 Å². The van der Waals surface area contributed by atoms with Crippen molar-refractivity contribution in [1.29, 1.82) is 0 Å². The number of methoxy groups -OCH3 is 2.